The van der Waals surface area contributed by atoms with Crippen molar-refractivity contribution in [2.45, 2.75) is 33.2 Å². The van der Waals surface area contributed by atoms with E-state index in [9.17, 15) is 4.79 Å². The molecule has 0 radical (unpaired) electrons. The number of rotatable bonds is 4. The van der Waals surface area contributed by atoms with Gasteiger partial charge in [-0.2, -0.15) is 5.10 Å². The Bertz CT molecular complexity index is 385. The van der Waals surface area contributed by atoms with E-state index in [0.29, 0.717) is 6.54 Å². The highest BCUT2D eigenvalue weighted by Gasteiger charge is 2.20. The van der Waals surface area contributed by atoms with Crippen LogP contribution in [0.25, 0.3) is 0 Å². The first-order valence-corrected chi connectivity index (χ1v) is 5.35. The highest BCUT2D eigenvalue weighted by Crippen LogP contribution is 2.18. The van der Waals surface area contributed by atoms with Crippen LogP contribution in [0.3, 0.4) is 0 Å². The number of aromatic nitrogens is 2. The average molecular weight is 225 g/mol. The molecule has 90 valence electrons. The Morgan fingerprint density at radius 1 is 1.56 bits per heavy atom. The lowest BCUT2D eigenvalue weighted by Crippen LogP contribution is -2.20. The summed E-state index contributed by atoms with van der Waals surface area (Å²) in [7, 11) is 1.38. The van der Waals surface area contributed by atoms with Crippen LogP contribution in [-0.2, 0) is 16.0 Å². The Morgan fingerprint density at radius 2 is 2.19 bits per heavy atom. The lowest BCUT2D eigenvalue weighted by molar-refractivity contribution is -0.144. The highest BCUT2D eigenvalue weighted by atomic mass is 16.5. The van der Waals surface area contributed by atoms with Crippen LogP contribution in [0.2, 0.25) is 0 Å². The molecule has 0 saturated heterocycles. The van der Waals surface area contributed by atoms with Gasteiger partial charge in [0.05, 0.1) is 12.8 Å². The predicted molar refractivity (Wildman–Crippen MR) is 61.2 cm³/mol. The number of hydrogen-bond acceptors (Lipinski definition) is 4. The van der Waals surface area contributed by atoms with Gasteiger partial charge in [-0.05, 0) is 39.3 Å². The Morgan fingerprint density at radius 3 is 2.69 bits per heavy atom. The molecule has 16 heavy (non-hydrogen) atoms. The van der Waals surface area contributed by atoms with Crippen molar-refractivity contribution in [1.29, 1.82) is 0 Å². The number of ether oxygens (including phenoxy) is 1. The first-order chi connectivity index (χ1) is 7.52. The molecule has 0 amide bonds. The van der Waals surface area contributed by atoms with E-state index < -0.39 is 6.04 Å². The molecule has 0 aliphatic carbocycles. The quantitative estimate of drug-likeness (QED) is 0.767. The average Bonchev–Trinajstić information content (AvgIpc) is 2.55. The summed E-state index contributed by atoms with van der Waals surface area (Å²) in [5.74, 6) is -0.287. The Kier molecular flexibility index (Phi) is 4.06. The van der Waals surface area contributed by atoms with Crippen molar-refractivity contribution in [3.8, 4) is 0 Å². The number of nitrogens with two attached hydrogens (primary N) is 1. The van der Waals surface area contributed by atoms with Crippen LogP contribution in [0.5, 0.6) is 0 Å². The smallest absolute Gasteiger partial charge is 0.330 e. The summed E-state index contributed by atoms with van der Waals surface area (Å²) in [4.78, 5) is 11.4. The first-order valence-electron chi connectivity index (χ1n) is 5.35. The zero-order chi connectivity index (χ0) is 12.3. The number of hydrogen-bond donors (Lipinski definition) is 1. The van der Waals surface area contributed by atoms with Gasteiger partial charge in [0.2, 0.25) is 0 Å². The standard InChI is InChI=1S/C11H19N3O2/c1-7-10(5-6-12)8(2)14(13-7)9(3)11(15)16-4/h9H,5-6,12H2,1-4H3. The van der Waals surface area contributed by atoms with Gasteiger partial charge >= 0.3 is 5.97 Å². The van der Waals surface area contributed by atoms with Crippen LogP contribution in [0.4, 0.5) is 0 Å². The normalized spacial score (nSPS) is 12.6. The SMILES string of the molecule is COC(=O)C(C)n1nc(C)c(CCN)c1C. The lowest BCUT2D eigenvalue weighted by atomic mass is 10.1. The molecule has 0 fully saturated rings. The summed E-state index contributed by atoms with van der Waals surface area (Å²) < 4.78 is 6.41. The Hall–Kier alpha value is -1.36. The van der Waals surface area contributed by atoms with Crippen molar-refractivity contribution >= 4 is 5.97 Å². The number of esters is 1. The minimum Gasteiger partial charge on any atom is -0.467 e. The molecule has 1 unspecified atom stereocenters. The zero-order valence-electron chi connectivity index (χ0n) is 10.3. The predicted octanol–water partition coefficient (Wildman–Crippen LogP) is 0.735. The van der Waals surface area contributed by atoms with Gasteiger partial charge in [-0.3, -0.25) is 4.68 Å². The third kappa shape index (κ3) is 2.24. The van der Waals surface area contributed by atoms with E-state index >= 15 is 0 Å². The number of methoxy groups -OCH3 is 1. The number of nitrogens with zero attached hydrogens (tertiary/aromatic N) is 2. The van der Waals surface area contributed by atoms with E-state index in [4.69, 9.17) is 10.5 Å². The van der Waals surface area contributed by atoms with Crippen molar-refractivity contribution in [2.75, 3.05) is 13.7 Å². The Balaban J connectivity index is 3.06. The summed E-state index contributed by atoms with van der Waals surface area (Å²) in [6.45, 7) is 6.24. The minimum atomic E-state index is -0.393. The summed E-state index contributed by atoms with van der Waals surface area (Å²) in [5, 5.41) is 4.36. The van der Waals surface area contributed by atoms with Crippen molar-refractivity contribution in [3.05, 3.63) is 17.0 Å². The minimum absolute atomic E-state index is 0.287. The maximum Gasteiger partial charge on any atom is 0.330 e. The maximum absolute atomic E-state index is 11.4. The molecule has 1 atom stereocenters. The van der Waals surface area contributed by atoms with Gasteiger partial charge in [-0.1, -0.05) is 0 Å². The second-order valence-electron chi connectivity index (χ2n) is 3.83. The largest absolute Gasteiger partial charge is 0.467 e. The molecule has 1 aromatic rings. The monoisotopic (exact) mass is 225 g/mol. The molecule has 2 N–H and O–H groups in total. The van der Waals surface area contributed by atoms with E-state index in [2.05, 4.69) is 5.10 Å². The third-order valence-electron chi connectivity index (χ3n) is 2.78. The molecule has 0 spiro atoms. The maximum atomic E-state index is 11.4. The van der Waals surface area contributed by atoms with Crippen LogP contribution in [0.15, 0.2) is 0 Å². The molecule has 0 aliphatic heterocycles. The Labute approximate surface area is 95.6 Å². The van der Waals surface area contributed by atoms with Gasteiger partial charge in [0.15, 0.2) is 0 Å². The van der Waals surface area contributed by atoms with E-state index in [1.807, 2.05) is 13.8 Å². The fraction of sp³-hybridized carbons (Fsp3) is 0.636. The van der Waals surface area contributed by atoms with Crippen LogP contribution in [0, 0.1) is 13.8 Å². The van der Waals surface area contributed by atoms with Crippen molar-refractivity contribution in [2.24, 2.45) is 5.73 Å². The molecular formula is C11H19N3O2. The summed E-state index contributed by atoms with van der Waals surface area (Å²) in [6, 6.07) is -0.393. The van der Waals surface area contributed by atoms with E-state index in [1.54, 1.807) is 11.6 Å². The second-order valence-corrected chi connectivity index (χ2v) is 3.83. The van der Waals surface area contributed by atoms with Crippen molar-refractivity contribution in [1.82, 2.24) is 9.78 Å². The van der Waals surface area contributed by atoms with Crippen LogP contribution >= 0.6 is 0 Å². The molecule has 0 saturated carbocycles. The molecule has 1 rings (SSSR count). The summed E-state index contributed by atoms with van der Waals surface area (Å²) in [6.07, 6.45) is 0.783. The van der Waals surface area contributed by atoms with Crippen molar-refractivity contribution in [3.63, 3.8) is 0 Å². The number of carbonyl (C=O) groups excluding carboxylic acids is 1. The molecule has 0 aliphatic rings. The van der Waals surface area contributed by atoms with Gasteiger partial charge in [0.25, 0.3) is 0 Å². The fourth-order valence-electron chi connectivity index (χ4n) is 1.85. The van der Waals surface area contributed by atoms with Crippen LogP contribution in [-0.4, -0.2) is 29.4 Å². The topological polar surface area (TPSA) is 70.1 Å². The van der Waals surface area contributed by atoms with E-state index in [1.165, 1.54) is 7.11 Å². The fourth-order valence-corrected chi connectivity index (χ4v) is 1.85. The molecule has 0 aromatic carbocycles. The van der Waals surface area contributed by atoms with Crippen LogP contribution < -0.4 is 5.73 Å². The van der Waals surface area contributed by atoms with E-state index in [-0.39, 0.29) is 5.97 Å². The highest BCUT2D eigenvalue weighted by molar-refractivity contribution is 5.73. The summed E-state index contributed by atoms with van der Waals surface area (Å²) in [5.41, 5.74) is 8.58. The first kappa shape index (κ1) is 12.7. The third-order valence-corrected chi connectivity index (χ3v) is 2.78. The van der Waals surface area contributed by atoms with Gasteiger partial charge < -0.3 is 10.5 Å². The molecule has 1 heterocycles. The van der Waals surface area contributed by atoms with Gasteiger partial charge in [-0.15, -0.1) is 0 Å². The van der Waals surface area contributed by atoms with Gasteiger partial charge in [0, 0.05) is 5.69 Å². The van der Waals surface area contributed by atoms with E-state index in [0.717, 1.165) is 23.4 Å². The van der Waals surface area contributed by atoms with Crippen molar-refractivity contribution < 1.29 is 9.53 Å². The number of aryl methyl sites for hydroxylation is 1. The van der Waals surface area contributed by atoms with Gasteiger partial charge in [0.1, 0.15) is 6.04 Å². The molecule has 5 nitrogen and oxygen atoms in total. The molecule has 5 heteroatoms. The molecular weight excluding hydrogens is 206 g/mol. The second kappa shape index (κ2) is 5.12. The summed E-state index contributed by atoms with van der Waals surface area (Å²) >= 11 is 0. The molecule has 0 bridgehead atoms. The zero-order valence-corrected chi connectivity index (χ0v) is 10.3. The van der Waals surface area contributed by atoms with Gasteiger partial charge in [-0.25, -0.2) is 4.79 Å². The number of carbonyl (C=O) groups is 1. The lowest BCUT2D eigenvalue weighted by Gasteiger charge is -2.11. The van der Waals surface area contributed by atoms with Crippen LogP contribution in [0.1, 0.15) is 29.9 Å². The molecule has 1 aromatic heterocycles.